The summed E-state index contributed by atoms with van der Waals surface area (Å²) in [7, 11) is -2.79. The van der Waals surface area contributed by atoms with Gasteiger partial charge in [0.1, 0.15) is 9.84 Å². The summed E-state index contributed by atoms with van der Waals surface area (Å²) in [6.45, 7) is 3.23. The molecule has 0 aliphatic heterocycles. The van der Waals surface area contributed by atoms with Crippen LogP contribution in [0.3, 0.4) is 0 Å². The molecular formula is C12H25NO2S2. The number of rotatable bonds is 6. The normalized spacial score (nSPS) is 26.4. The van der Waals surface area contributed by atoms with E-state index in [1.165, 1.54) is 31.9 Å². The van der Waals surface area contributed by atoms with Crippen LogP contribution in [0, 0.1) is 5.92 Å². The average Bonchev–Trinajstić information content (AvgIpc) is 2.29. The van der Waals surface area contributed by atoms with Crippen molar-refractivity contribution in [3.8, 4) is 0 Å². The fourth-order valence-electron chi connectivity index (χ4n) is 2.65. The van der Waals surface area contributed by atoms with Crippen LogP contribution in [0.4, 0.5) is 0 Å². The van der Waals surface area contributed by atoms with Crippen LogP contribution in [-0.2, 0) is 9.84 Å². The summed E-state index contributed by atoms with van der Waals surface area (Å²) in [4.78, 5) is 2.40. The van der Waals surface area contributed by atoms with Gasteiger partial charge in [0.25, 0.3) is 0 Å². The fraction of sp³-hybridized carbons (Fsp3) is 1.00. The Morgan fingerprint density at radius 3 is 2.24 bits per heavy atom. The molecule has 0 amide bonds. The molecule has 1 aliphatic carbocycles. The predicted octanol–water partition coefficient (Wildman–Crippen LogP) is 2.19. The van der Waals surface area contributed by atoms with Gasteiger partial charge in [0, 0.05) is 18.2 Å². The number of hydrogen-bond acceptors (Lipinski definition) is 4. The highest BCUT2D eigenvalue weighted by molar-refractivity contribution is 7.90. The lowest BCUT2D eigenvalue weighted by Gasteiger charge is -2.35. The van der Waals surface area contributed by atoms with Gasteiger partial charge in [0.05, 0.1) is 5.75 Å². The zero-order chi connectivity index (χ0) is 12.9. The molecule has 0 radical (unpaired) electrons. The highest BCUT2D eigenvalue weighted by atomic mass is 32.2. The van der Waals surface area contributed by atoms with E-state index in [0.29, 0.717) is 17.7 Å². The molecule has 0 heterocycles. The molecule has 17 heavy (non-hydrogen) atoms. The Kier molecular flexibility index (Phi) is 6.31. The Morgan fingerprint density at radius 1 is 1.24 bits per heavy atom. The molecule has 102 valence electrons. The Bertz CT molecular complexity index is 304. The van der Waals surface area contributed by atoms with Crippen molar-refractivity contribution < 1.29 is 8.42 Å². The van der Waals surface area contributed by atoms with E-state index in [1.54, 1.807) is 0 Å². The van der Waals surface area contributed by atoms with Crippen LogP contribution in [-0.4, -0.2) is 43.8 Å². The molecule has 1 rings (SSSR count). The standard InChI is InChI=1S/C12H25NO2S2/c1-3-13(10-16)12-6-4-11(5-7-12)8-9-17(2,14)15/h11-12,16H,3-10H2,1-2H3. The number of nitrogens with zero attached hydrogens (tertiary/aromatic N) is 1. The Hall–Kier alpha value is 0.260. The van der Waals surface area contributed by atoms with Crippen molar-refractivity contribution in [1.29, 1.82) is 0 Å². The van der Waals surface area contributed by atoms with Gasteiger partial charge in [-0.2, -0.15) is 12.6 Å². The first kappa shape index (κ1) is 15.3. The molecular weight excluding hydrogens is 254 g/mol. The smallest absolute Gasteiger partial charge is 0.147 e. The lowest BCUT2D eigenvalue weighted by molar-refractivity contribution is 0.164. The monoisotopic (exact) mass is 279 g/mol. The number of hydrogen-bond donors (Lipinski definition) is 1. The SMILES string of the molecule is CCN(CS)C1CCC(CCS(C)(=O)=O)CC1. The van der Waals surface area contributed by atoms with Gasteiger partial charge in [-0.05, 0) is 44.6 Å². The molecule has 0 atom stereocenters. The van der Waals surface area contributed by atoms with Gasteiger partial charge in [-0.3, -0.25) is 4.90 Å². The van der Waals surface area contributed by atoms with Gasteiger partial charge < -0.3 is 0 Å². The van der Waals surface area contributed by atoms with Crippen molar-refractivity contribution in [2.45, 2.75) is 45.1 Å². The third-order valence-corrected chi connectivity index (χ3v) is 5.16. The number of sulfone groups is 1. The van der Waals surface area contributed by atoms with E-state index in [-0.39, 0.29) is 0 Å². The minimum atomic E-state index is -2.79. The highest BCUT2D eigenvalue weighted by Crippen LogP contribution is 2.30. The van der Waals surface area contributed by atoms with Crippen LogP contribution in [0.2, 0.25) is 0 Å². The summed E-state index contributed by atoms with van der Waals surface area (Å²) in [6.07, 6.45) is 6.91. The number of thiol groups is 1. The average molecular weight is 279 g/mol. The molecule has 1 aliphatic rings. The van der Waals surface area contributed by atoms with Crippen LogP contribution in [0.25, 0.3) is 0 Å². The van der Waals surface area contributed by atoms with E-state index in [1.807, 2.05) is 0 Å². The molecule has 1 saturated carbocycles. The van der Waals surface area contributed by atoms with E-state index >= 15 is 0 Å². The zero-order valence-corrected chi connectivity index (χ0v) is 12.6. The summed E-state index contributed by atoms with van der Waals surface area (Å²) in [5, 5.41) is 0. The maximum atomic E-state index is 11.1. The molecule has 0 bridgehead atoms. The molecule has 3 nitrogen and oxygen atoms in total. The van der Waals surface area contributed by atoms with Crippen LogP contribution in [0.15, 0.2) is 0 Å². The van der Waals surface area contributed by atoms with Gasteiger partial charge in [-0.25, -0.2) is 8.42 Å². The molecule has 0 spiro atoms. The van der Waals surface area contributed by atoms with E-state index in [4.69, 9.17) is 0 Å². The second-order valence-electron chi connectivity index (χ2n) is 5.14. The second kappa shape index (κ2) is 7.00. The van der Waals surface area contributed by atoms with Crippen LogP contribution in [0.1, 0.15) is 39.0 Å². The molecule has 0 unspecified atom stereocenters. The van der Waals surface area contributed by atoms with Gasteiger partial charge in [0.2, 0.25) is 0 Å². The van der Waals surface area contributed by atoms with E-state index in [2.05, 4.69) is 24.5 Å². The lowest BCUT2D eigenvalue weighted by Crippen LogP contribution is -2.37. The van der Waals surface area contributed by atoms with Crippen LogP contribution < -0.4 is 0 Å². The summed E-state index contributed by atoms with van der Waals surface area (Å²) < 4.78 is 22.2. The fourth-order valence-corrected chi connectivity index (χ4v) is 3.85. The van der Waals surface area contributed by atoms with Gasteiger partial charge in [0.15, 0.2) is 0 Å². The molecule has 0 saturated heterocycles. The van der Waals surface area contributed by atoms with E-state index in [0.717, 1.165) is 18.8 Å². The van der Waals surface area contributed by atoms with Crippen molar-refractivity contribution in [3.05, 3.63) is 0 Å². The first-order valence-corrected chi connectivity index (χ1v) is 9.18. The third kappa shape index (κ3) is 5.62. The van der Waals surface area contributed by atoms with E-state index < -0.39 is 9.84 Å². The van der Waals surface area contributed by atoms with Crippen molar-refractivity contribution in [3.63, 3.8) is 0 Å². The van der Waals surface area contributed by atoms with Crippen molar-refractivity contribution in [2.75, 3.05) is 24.4 Å². The largest absolute Gasteiger partial charge is 0.292 e. The summed E-state index contributed by atoms with van der Waals surface area (Å²) in [5.41, 5.74) is 0. The van der Waals surface area contributed by atoms with Crippen molar-refractivity contribution in [1.82, 2.24) is 4.90 Å². The van der Waals surface area contributed by atoms with E-state index in [9.17, 15) is 8.42 Å². The lowest BCUT2D eigenvalue weighted by atomic mass is 9.84. The first-order valence-electron chi connectivity index (χ1n) is 6.49. The van der Waals surface area contributed by atoms with Crippen molar-refractivity contribution in [2.24, 2.45) is 5.92 Å². The minimum Gasteiger partial charge on any atom is -0.292 e. The minimum absolute atomic E-state index is 0.354. The van der Waals surface area contributed by atoms with Crippen LogP contribution >= 0.6 is 12.6 Å². The molecule has 5 heteroatoms. The van der Waals surface area contributed by atoms with Gasteiger partial charge >= 0.3 is 0 Å². The molecule has 0 aromatic rings. The summed E-state index contributed by atoms with van der Waals surface area (Å²) >= 11 is 4.35. The molecule has 1 fully saturated rings. The highest BCUT2D eigenvalue weighted by Gasteiger charge is 2.24. The summed E-state index contributed by atoms with van der Waals surface area (Å²) in [6, 6.07) is 0.659. The maximum absolute atomic E-state index is 11.1. The summed E-state index contributed by atoms with van der Waals surface area (Å²) in [5.74, 6) is 1.79. The topological polar surface area (TPSA) is 37.4 Å². The van der Waals surface area contributed by atoms with Crippen molar-refractivity contribution >= 4 is 22.5 Å². The predicted molar refractivity (Wildman–Crippen MR) is 76.3 cm³/mol. The van der Waals surface area contributed by atoms with Crippen LogP contribution in [0.5, 0.6) is 0 Å². The second-order valence-corrected chi connectivity index (χ2v) is 7.68. The Labute approximate surface area is 111 Å². The Morgan fingerprint density at radius 2 is 1.82 bits per heavy atom. The maximum Gasteiger partial charge on any atom is 0.147 e. The molecule has 0 aromatic heterocycles. The quantitative estimate of drug-likeness (QED) is 0.598. The third-order valence-electron chi connectivity index (χ3n) is 3.82. The van der Waals surface area contributed by atoms with Gasteiger partial charge in [-0.15, -0.1) is 0 Å². The first-order chi connectivity index (χ1) is 7.96. The molecule has 0 aromatic carbocycles. The van der Waals surface area contributed by atoms with Gasteiger partial charge in [-0.1, -0.05) is 6.92 Å². The zero-order valence-electron chi connectivity index (χ0n) is 10.9. The molecule has 0 N–H and O–H groups in total. The Balaban J connectivity index is 2.30.